The van der Waals surface area contributed by atoms with Crippen LogP contribution in [0.1, 0.15) is 45.1 Å². The fourth-order valence-electron chi connectivity index (χ4n) is 4.85. The summed E-state index contributed by atoms with van der Waals surface area (Å²) >= 11 is 0. The molecule has 5 nitrogen and oxygen atoms in total. The van der Waals surface area contributed by atoms with E-state index in [2.05, 4.69) is 16.5 Å². The minimum absolute atomic E-state index is 0.108. The second-order valence-corrected chi connectivity index (χ2v) is 9.61. The molecule has 1 aromatic rings. The standard InChI is InChI=1S/C16H25N3O2S/c1-12-4-6-19(10-15(12)18-7-5-17-11-18)22(20,21)16-9-13-2-3-14(16)8-13/h5,7,11-16H,2-4,6,8-10H2,1H3/t12?,13-,14+,15?,16?/m1/s1. The Hall–Kier alpha value is -0.880. The SMILES string of the molecule is CC1CCN(S(=O)(=O)C2C[C@@H]3CC[C@H]2C3)CC1n1ccnc1. The molecule has 2 bridgehead atoms. The van der Waals surface area contributed by atoms with Gasteiger partial charge in [-0.2, -0.15) is 4.31 Å². The second-order valence-electron chi connectivity index (χ2n) is 7.46. The van der Waals surface area contributed by atoms with Gasteiger partial charge in [-0.1, -0.05) is 13.3 Å². The normalized spacial score (nSPS) is 39.4. The third-order valence-electron chi connectivity index (χ3n) is 6.20. The van der Waals surface area contributed by atoms with Crippen molar-refractivity contribution in [2.24, 2.45) is 17.8 Å². The van der Waals surface area contributed by atoms with Gasteiger partial charge >= 0.3 is 0 Å². The highest BCUT2D eigenvalue weighted by Crippen LogP contribution is 2.48. The largest absolute Gasteiger partial charge is 0.333 e. The molecule has 2 saturated carbocycles. The zero-order valence-corrected chi connectivity index (χ0v) is 14.0. The van der Waals surface area contributed by atoms with Crippen molar-refractivity contribution in [3.05, 3.63) is 18.7 Å². The first-order chi connectivity index (χ1) is 10.6. The Labute approximate surface area is 132 Å². The highest BCUT2D eigenvalue weighted by atomic mass is 32.2. The van der Waals surface area contributed by atoms with E-state index in [1.807, 2.05) is 12.5 Å². The van der Waals surface area contributed by atoms with E-state index in [0.29, 0.717) is 30.8 Å². The summed E-state index contributed by atoms with van der Waals surface area (Å²) in [5.41, 5.74) is 0. The number of aromatic nitrogens is 2. The predicted molar refractivity (Wildman–Crippen MR) is 84.8 cm³/mol. The van der Waals surface area contributed by atoms with Gasteiger partial charge in [0.05, 0.1) is 17.6 Å². The van der Waals surface area contributed by atoms with E-state index in [9.17, 15) is 8.42 Å². The topological polar surface area (TPSA) is 55.2 Å². The molecule has 0 aromatic carbocycles. The number of rotatable bonds is 3. The molecule has 1 saturated heterocycles. The van der Waals surface area contributed by atoms with Crippen LogP contribution in [0.4, 0.5) is 0 Å². The number of fused-ring (bicyclic) bond motifs is 2. The van der Waals surface area contributed by atoms with Gasteiger partial charge in [-0.05, 0) is 43.4 Å². The van der Waals surface area contributed by atoms with Crippen molar-refractivity contribution < 1.29 is 8.42 Å². The zero-order chi connectivity index (χ0) is 15.3. The van der Waals surface area contributed by atoms with E-state index >= 15 is 0 Å². The molecule has 4 rings (SSSR count). The molecule has 3 fully saturated rings. The molecule has 0 spiro atoms. The maximum Gasteiger partial charge on any atom is 0.217 e. The van der Waals surface area contributed by atoms with Crippen molar-refractivity contribution >= 4 is 10.0 Å². The van der Waals surface area contributed by atoms with E-state index in [1.54, 1.807) is 10.5 Å². The van der Waals surface area contributed by atoms with Crippen molar-refractivity contribution in [1.82, 2.24) is 13.9 Å². The van der Waals surface area contributed by atoms with Crippen LogP contribution in [-0.2, 0) is 10.0 Å². The molecule has 2 aliphatic carbocycles. The van der Waals surface area contributed by atoms with Crippen molar-refractivity contribution in [3.8, 4) is 0 Å². The van der Waals surface area contributed by atoms with E-state index in [0.717, 1.165) is 25.7 Å². The fraction of sp³-hybridized carbons (Fsp3) is 0.812. The lowest BCUT2D eigenvalue weighted by Crippen LogP contribution is -2.48. The number of hydrogen-bond donors (Lipinski definition) is 0. The van der Waals surface area contributed by atoms with Crippen molar-refractivity contribution in [2.75, 3.05) is 13.1 Å². The van der Waals surface area contributed by atoms with Gasteiger partial charge in [-0.3, -0.25) is 0 Å². The maximum atomic E-state index is 13.1. The lowest BCUT2D eigenvalue weighted by atomic mass is 9.95. The monoisotopic (exact) mass is 323 g/mol. The molecule has 1 aliphatic heterocycles. The number of imidazole rings is 1. The molecule has 0 N–H and O–H groups in total. The van der Waals surface area contributed by atoms with Crippen molar-refractivity contribution in [1.29, 1.82) is 0 Å². The van der Waals surface area contributed by atoms with Gasteiger partial charge in [0.25, 0.3) is 0 Å². The van der Waals surface area contributed by atoms with Crippen LogP contribution in [0, 0.1) is 17.8 Å². The Morgan fingerprint density at radius 1 is 1.18 bits per heavy atom. The summed E-state index contributed by atoms with van der Waals surface area (Å²) in [6, 6.07) is 0.213. The van der Waals surface area contributed by atoms with E-state index in [1.165, 1.54) is 6.42 Å². The van der Waals surface area contributed by atoms with Crippen LogP contribution in [0.25, 0.3) is 0 Å². The molecular formula is C16H25N3O2S. The predicted octanol–water partition coefficient (Wildman–Crippen LogP) is 2.28. The minimum atomic E-state index is -3.14. The van der Waals surface area contributed by atoms with Crippen LogP contribution >= 0.6 is 0 Å². The molecule has 2 heterocycles. The molecule has 0 radical (unpaired) electrons. The number of nitrogens with zero attached hydrogens (tertiary/aromatic N) is 3. The Balaban J connectivity index is 1.55. The van der Waals surface area contributed by atoms with Gasteiger partial charge in [-0.15, -0.1) is 0 Å². The van der Waals surface area contributed by atoms with Gasteiger partial charge in [0.15, 0.2) is 0 Å². The van der Waals surface area contributed by atoms with Gasteiger partial charge in [0.1, 0.15) is 0 Å². The van der Waals surface area contributed by atoms with Crippen LogP contribution in [0.3, 0.4) is 0 Å². The summed E-state index contributed by atoms with van der Waals surface area (Å²) in [5.74, 6) is 1.57. The summed E-state index contributed by atoms with van der Waals surface area (Å²) < 4.78 is 30.1. The van der Waals surface area contributed by atoms with Crippen LogP contribution in [-0.4, -0.2) is 40.6 Å². The lowest BCUT2D eigenvalue weighted by molar-refractivity contribution is 0.198. The summed E-state index contributed by atoms with van der Waals surface area (Å²) in [7, 11) is -3.14. The van der Waals surface area contributed by atoms with E-state index in [4.69, 9.17) is 0 Å². The lowest BCUT2D eigenvalue weighted by Gasteiger charge is -2.39. The van der Waals surface area contributed by atoms with Crippen molar-refractivity contribution in [2.45, 2.75) is 50.3 Å². The number of sulfonamides is 1. The average Bonchev–Trinajstić information content (AvgIpc) is 3.25. The van der Waals surface area contributed by atoms with Crippen LogP contribution in [0.2, 0.25) is 0 Å². The number of piperidine rings is 1. The highest BCUT2D eigenvalue weighted by Gasteiger charge is 2.49. The molecule has 3 unspecified atom stereocenters. The molecule has 1 aromatic heterocycles. The summed E-state index contributed by atoms with van der Waals surface area (Å²) in [6.07, 6.45) is 10.9. The first-order valence-electron chi connectivity index (χ1n) is 8.52. The van der Waals surface area contributed by atoms with Gasteiger partial charge in [-0.25, -0.2) is 13.4 Å². The van der Waals surface area contributed by atoms with Crippen LogP contribution in [0.5, 0.6) is 0 Å². The smallest absolute Gasteiger partial charge is 0.217 e. The molecule has 122 valence electrons. The fourth-order valence-corrected chi connectivity index (χ4v) is 7.20. The average molecular weight is 323 g/mol. The summed E-state index contributed by atoms with van der Waals surface area (Å²) in [4.78, 5) is 4.12. The van der Waals surface area contributed by atoms with E-state index < -0.39 is 10.0 Å². The quantitative estimate of drug-likeness (QED) is 0.857. The van der Waals surface area contributed by atoms with E-state index in [-0.39, 0.29) is 11.3 Å². The third-order valence-corrected chi connectivity index (χ3v) is 8.60. The maximum absolute atomic E-state index is 13.1. The van der Waals surface area contributed by atoms with Crippen molar-refractivity contribution in [3.63, 3.8) is 0 Å². The van der Waals surface area contributed by atoms with Gasteiger partial charge in [0.2, 0.25) is 10.0 Å². The molecule has 0 amide bonds. The Kier molecular flexibility index (Phi) is 3.57. The minimum Gasteiger partial charge on any atom is -0.333 e. The molecule has 5 atom stereocenters. The zero-order valence-electron chi connectivity index (χ0n) is 13.1. The summed E-state index contributed by atoms with van der Waals surface area (Å²) in [6.45, 7) is 3.50. The first kappa shape index (κ1) is 14.7. The summed E-state index contributed by atoms with van der Waals surface area (Å²) in [5, 5.41) is -0.108. The van der Waals surface area contributed by atoms with Crippen LogP contribution < -0.4 is 0 Å². The Morgan fingerprint density at radius 2 is 2.05 bits per heavy atom. The molecular weight excluding hydrogens is 298 g/mol. The second kappa shape index (κ2) is 5.34. The number of hydrogen-bond acceptors (Lipinski definition) is 3. The third kappa shape index (κ3) is 2.31. The molecule has 22 heavy (non-hydrogen) atoms. The Morgan fingerprint density at radius 3 is 2.68 bits per heavy atom. The van der Waals surface area contributed by atoms with Gasteiger partial charge in [0, 0.05) is 25.5 Å². The van der Waals surface area contributed by atoms with Crippen LogP contribution in [0.15, 0.2) is 18.7 Å². The molecule has 3 aliphatic rings. The Bertz CT molecular complexity index is 628. The first-order valence-corrected chi connectivity index (χ1v) is 10.0. The molecule has 6 heteroatoms. The highest BCUT2D eigenvalue weighted by molar-refractivity contribution is 7.89. The van der Waals surface area contributed by atoms with Gasteiger partial charge < -0.3 is 4.57 Å².